The van der Waals surface area contributed by atoms with Crippen LogP contribution in [0.3, 0.4) is 0 Å². The number of rotatable bonds is 7. The Bertz CT molecular complexity index is 1660. The Kier molecular flexibility index (Phi) is 10.1. The van der Waals surface area contributed by atoms with Crippen LogP contribution in [0.5, 0.6) is 57.5 Å². The Balaban J connectivity index is 0.00000433. The molecule has 0 amide bonds. The predicted molar refractivity (Wildman–Crippen MR) is 164 cm³/mol. The van der Waals surface area contributed by atoms with Gasteiger partial charge in [0.05, 0.1) is 10.5 Å². The minimum Gasteiger partial charge on any atom is -0.872 e. The van der Waals surface area contributed by atoms with Crippen LogP contribution in [-0.4, -0.2) is 64.6 Å². The third-order valence-corrected chi connectivity index (χ3v) is 10.7. The summed E-state index contributed by atoms with van der Waals surface area (Å²) in [6.07, 6.45) is -4.71. The number of ether oxygens (including phenoxy) is 2. The molecule has 0 saturated carbocycles. The van der Waals surface area contributed by atoms with E-state index in [1.807, 2.05) is 0 Å². The monoisotopic (exact) mass is 774 g/mol. The number of phenols is 6. The molecule has 6 atom stereocenters. The van der Waals surface area contributed by atoms with Crippen molar-refractivity contribution in [2.45, 2.75) is 34.9 Å². The maximum atomic E-state index is 12.9. The van der Waals surface area contributed by atoms with Gasteiger partial charge in [0.2, 0.25) is 0 Å². The number of hydrogen-bond acceptors (Lipinski definition) is 14. The van der Waals surface area contributed by atoms with Gasteiger partial charge < -0.3 is 60.5 Å². The largest absolute Gasteiger partial charge is 2.00 e. The third kappa shape index (κ3) is 6.65. The van der Waals surface area contributed by atoms with Crippen molar-refractivity contribution < 1.29 is 81.0 Å². The van der Waals surface area contributed by atoms with E-state index in [0.717, 1.165) is 12.1 Å². The smallest absolute Gasteiger partial charge is 0.872 e. The third-order valence-electron chi connectivity index (χ3n) is 7.83. The molecule has 2 heterocycles. The second-order valence-electron chi connectivity index (χ2n) is 10.8. The number of phenolic OH excluding ortho intramolecular Hbond substituents is 6. The first-order valence-corrected chi connectivity index (χ1v) is 16.1. The van der Waals surface area contributed by atoms with Gasteiger partial charge in [0.25, 0.3) is 0 Å². The van der Waals surface area contributed by atoms with Crippen molar-refractivity contribution >= 4 is 23.5 Å². The summed E-state index contributed by atoms with van der Waals surface area (Å²) in [5.41, 5.74) is 0.924. The van der Waals surface area contributed by atoms with Gasteiger partial charge in [-0.3, -0.25) is 0 Å². The Morgan fingerprint density at radius 2 is 0.936 bits per heavy atom. The topological polar surface area (TPSA) is 226 Å². The van der Waals surface area contributed by atoms with Crippen LogP contribution in [0.25, 0.3) is 0 Å². The van der Waals surface area contributed by atoms with E-state index >= 15 is 0 Å². The number of aromatic hydroxyl groups is 6. The molecule has 0 bridgehead atoms. The zero-order chi connectivity index (χ0) is 32.9. The van der Waals surface area contributed by atoms with Crippen molar-refractivity contribution in [1.29, 1.82) is 0 Å². The fraction of sp³-hybridized carbons (Fsp3) is 0.250. The minimum absolute atomic E-state index is 0. The summed E-state index contributed by atoms with van der Waals surface area (Å²) in [5, 5.41) is 107. The fourth-order valence-corrected chi connectivity index (χ4v) is 8.44. The molecule has 0 unspecified atom stereocenters. The number of aliphatic hydroxyl groups excluding tert-OH is 2. The fourth-order valence-electron chi connectivity index (χ4n) is 5.68. The molecule has 2 aliphatic rings. The van der Waals surface area contributed by atoms with Crippen LogP contribution in [0, 0.1) is 0 Å². The molecular formula is C32H28O12PdS2. The molecule has 4 aromatic rings. The molecule has 0 saturated heterocycles. The van der Waals surface area contributed by atoms with Crippen LogP contribution in [0.1, 0.15) is 45.0 Å². The van der Waals surface area contributed by atoms with Crippen LogP contribution in [-0.2, 0) is 20.4 Å². The van der Waals surface area contributed by atoms with Crippen molar-refractivity contribution in [2.24, 2.45) is 0 Å². The first-order chi connectivity index (χ1) is 21.9. The summed E-state index contributed by atoms with van der Waals surface area (Å²) in [5.74, 6) is -2.61. The Morgan fingerprint density at radius 3 is 1.30 bits per heavy atom. The van der Waals surface area contributed by atoms with Gasteiger partial charge >= 0.3 is 20.4 Å². The Labute approximate surface area is 290 Å². The standard InChI is InChI=1S/C32H30O12S2.Pd/c33-15-9-21(39)25-23(11-15)43-29(13-1-3-17(35)19(37)7-13)27(41)31(25)45-5-6-46-32-26-22(40)10-16(34)12-24(26)44-30(28(32)42)14-2-4-18(36)20(38)8-14;/h1-4,7-12,27-42H,5-6H2;/q;+2/p-2/t27-,28-,29+,30+,31-,32-;/m0./s1. The van der Waals surface area contributed by atoms with Crippen molar-refractivity contribution in [2.75, 3.05) is 11.5 Å². The van der Waals surface area contributed by atoms with Crippen LogP contribution in [0.2, 0.25) is 0 Å². The maximum absolute atomic E-state index is 12.9. The van der Waals surface area contributed by atoms with Crippen LogP contribution < -0.4 is 19.7 Å². The molecule has 0 radical (unpaired) electrons. The van der Waals surface area contributed by atoms with E-state index in [-0.39, 0.29) is 66.0 Å². The number of thioether (sulfide) groups is 2. The van der Waals surface area contributed by atoms with E-state index in [4.69, 9.17) is 9.47 Å². The molecule has 2 aliphatic heterocycles. The summed E-state index contributed by atoms with van der Waals surface area (Å²) in [4.78, 5) is 0. The summed E-state index contributed by atoms with van der Waals surface area (Å²) in [6.45, 7) is 0. The quantitative estimate of drug-likeness (QED) is 0.0767. The van der Waals surface area contributed by atoms with Crippen molar-refractivity contribution in [1.82, 2.24) is 0 Å². The van der Waals surface area contributed by atoms with Crippen LogP contribution in [0.4, 0.5) is 0 Å². The van der Waals surface area contributed by atoms with Gasteiger partial charge in [-0.25, -0.2) is 0 Å². The van der Waals surface area contributed by atoms with E-state index in [1.54, 1.807) is 0 Å². The van der Waals surface area contributed by atoms with Crippen molar-refractivity contribution in [3.8, 4) is 57.5 Å². The van der Waals surface area contributed by atoms with Gasteiger partial charge in [0.1, 0.15) is 35.2 Å². The molecule has 0 fully saturated rings. The average molecular weight is 775 g/mol. The SMILES string of the molecule is [O-]c1cc(O)cc2c1[C@H](SCCS[C@H]1c3c([O-])cc(O)cc3O[C@H](c3ccc(O)c(O)c3)[C@@H]1O)[C@@H](O)[C@@H](c1ccc(O)c(O)c1)O2.[Pd+2]. The first-order valence-electron chi connectivity index (χ1n) is 14.0. The van der Waals surface area contributed by atoms with Crippen LogP contribution >= 0.6 is 23.5 Å². The van der Waals surface area contributed by atoms with E-state index in [9.17, 15) is 51.1 Å². The van der Waals surface area contributed by atoms with Crippen LogP contribution in [0.15, 0.2) is 60.7 Å². The Hall–Kier alpha value is -3.84. The van der Waals surface area contributed by atoms with E-state index in [2.05, 4.69) is 0 Å². The van der Waals surface area contributed by atoms with E-state index in [0.29, 0.717) is 22.6 Å². The van der Waals surface area contributed by atoms with Crippen molar-refractivity contribution in [3.63, 3.8) is 0 Å². The summed E-state index contributed by atoms with van der Waals surface area (Å²) >= 11 is 2.43. The summed E-state index contributed by atoms with van der Waals surface area (Å²) in [7, 11) is 0. The van der Waals surface area contributed by atoms with Gasteiger partial charge in [-0.2, -0.15) is 0 Å². The second kappa shape index (κ2) is 13.7. The zero-order valence-corrected chi connectivity index (χ0v) is 27.2. The normalized spacial score (nSPS) is 23.0. The molecule has 15 heteroatoms. The molecule has 12 nitrogen and oxygen atoms in total. The maximum Gasteiger partial charge on any atom is 2.00 e. The average Bonchev–Trinajstić information content (AvgIpc) is 2.99. The van der Waals surface area contributed by atoms with Gasteiger partial charge in [-0.1, -0.05) is 23.6 Å². The number of hydrogen-bond donors (Lipinski definition) is 8. The second-order valence-corrected chi connectivity index (χ2v) is 13.3. The first kappa shape index (κ1) is 34.5. The number of fused-ring (bicyclic) bond motifs is 2. The molecule has 0 spiro atoms. The summed E-state index contributed by atoms with van der Waals surface area (Å²) < 4.78 is 11.8. The molecule has 250 valence electrons. The Morgan fingerprint density at radius 1 is 0.553 bits per heavy atom. The van der Waals surface area contributed by atoms with Gasteiger partial charge in [0.15, 0.2) is 35.2 Å². The number of aliphatic hydroxyl groups is 2. The van der Waals surface area contributed by atoms with E-state index < -0.39 is 57.9 Å². The van der Waals surface area contributed by atoms with Gasteiger partial charge in [-0.15, -0.1) is 23.5 Å². The molecular weight excluding hydrogens is 747 g/mol. The molecule has 0 aromatic heterocycles. The summed E-state index contributed by atoms with van der Waals surface area (Å²) in [6, 6.07) is 12.4. The van der Waals surface area contributed by atoms with Gasteiger partial charge in [0, 0.05) is 34.8 Å². The van der Waals surface area contributed by atoms with Crippen molar-refractivity contribution in [3.05, 3.63) is 82.9 Å². The molecule has 4 aromatic carbocycles. The zero-order valence-electron chi connectivity index (χ0n) is 24.0. The molecule has 47 heavy (non-hydrogen) atoms. The molecule has 6 rings (SSSR count). The minimum atomic E-state index is -1.29. The molecule has 8 N–H and O–H groups in total. The van der Waals surface area contributed by atoms with E-state index in [1.165, 1.54) is 72.1 Å². The predicted octanol–water partition coefficient (Wildman–Crippen LogP) is 3.30. The molecule has 0 aliphatic carbocycles. The van der Waals surface area contributed by atoms with Gasteiger partial charge in [-0.05, 0) is 47.5 Å². The number of benzene rings is 4.